The lowest BCUT2D eigenvalue weighted by Gasteiger charge is -2.05. The molecule has 1 N–H and O–H groups in total. The number of benzene rings is 1. The molecule has 2 rings (SSSR count). The Kier molecular flexibility index (Phi) is 4.04. The molecule has 1 atom stereocenters. The summed E-state index contributed by atoms with van der Waals surface area (Å²) in [6.07, 6.45) is 2.68. The van der Waals surface area contributed by atoms with Gasteiger partial charge in [-0.25, -0.2) is 0 Å². The molecule has 0 spiro atoms. The lowest BCUT2D eigenvalue weighted by Crippen LogP contribution is -2.00. The lowest BCUT2D eigenvalue weighted by atomic mass is 10.0. The van der Waals surface area contributed by atoms with E-state index in [9.17, 15) is 0 Å². The summed E-state index contributed by atoms with van der Waals surface area (Å²) in [5, 5.41) is 11.3. The van der Waals surface area contributed by atoms with Gasteiger partial charge in [0.15, 0.2) is 5.82 Å². The maximum atomic E-state index is 5.14. The van der Waals surface area contributed by atoms with E-state index in [0.717, 1.165) is 12.2 Å². The average molecular weight is 260 g/mol. The van der Waals surface area contributed by atoms with Gasteiger partial charge in [0.1, 0.15) is 0 Å². The molecule has 2 aromatic rings. The Morgan fingerprint density at radius 2 is 2.17 bits per heavy atom. The molecule has 94 valence electrons. The molecular formula is C13H16N4S. The van der Waals surface area contributed by atoms with E-state index in [4.69, 9.17) is 12.2 Å². The predicted octanol–water partition coefficient (Wildman–Crippen LogP) is 3.14. The highest BCUT2D eigenvalue weighted by Crippen LogP contribution is 2.12. The van der Waals surface area contributed by atoms with Crippen molar-refractivity contribution in [2.45, 2.75) is 26.2 Å². The van der Waals surface area contributed by atoms with Crippen LogP contribution in [0, 0.1) is 4.77 Å². The fourth-order valence-corrected chi connectivity index (χ4v) is 1.88. The molecule has 0 amide bonds. The van der Waals surface area contributed by atoms with Crippen molar-refractivity contribution in [3.05, 3.63) is 46.5 Å². The summed E-state index contributed by atoms with van der Waals surface area (Å²) >= 11 is 5.14. The molecule has 1 aromatic heterocycles. The molecule has 1 heterocycles. The van der Waals surface area contributed by atoms with Crippen LogP contribution in [0.1, 0.15) is 31.2 Å². The van der Waals surface area contributed by atoms with E-state index >= 15 is 0 Å². The molecule has 0 aliphatic rings. The van der Waals surface area contributed by atoms with Crippen LogP contribution in [0.25, 0.3) is 0 Å². The molecular weight excluding hydrogens is 244 g/mol. The second-order valence-electron chi connectivity index (χ2n) is 4.07. The molecule has 0 fully saturated rings. The van der Waals surface area contributed by atoms with Gasteiger partial charge in [0, 0.05) is 18.6 Å². The van der Waals surface area contributed by atoms with Gasteiger partial charge in [-0.1, -0.05) is 44.2 Å². The molecule has 4 nitrogen and oxygen atoms in total. The fourth-order valence-electron chi connectivity index (χ4n) is 1.68. The second kappa shape index (κ2) is 5.73. The first-order valence-electron chi connectivity index (χ1n) is 5.98. The van der Waals surface area contributed by atoms with Crippen molar-refractivity contribution >= 4 is 18.4 Å². The van der Waals surface area contributed by atoms with Gasteiger partial charge in [0.25, 0.3) is 0 Å². The minimum atomic E-state index is 0.243. The van der Waals surface area contributed by atoms with Crippen LogP contribution < -0.4 is 0 Å². The van der Waals surface area contributed by atoms with Crippen LogP contribution in [0.2, 0.25) is 0 Å². The number of aryl methyl sites for hydroxylation is 1. The van der Waals surface area contributed by atoms with Gasteiger partial charge in [-0.05, 0) is 17.8 Å². The summed E-state index contributed by atoms with van der Waals surface area (Å²) < 4.78 is 2.21. The molecule has 0 saturated carbocycles. The van der Waals surface area contributed by atoms with Crippen LogP contribution >= 0.6 is 12.2 Å². The Morgan fingerprint density at radius 3 is 2.83 bits per heavy atom. The molecule has 0 radical (unpaired) electrons. The van der Waals surface area contributed by atoms with Crippen LogP contribution in [0.4, 0.5) is 0 Å². The molecule has 5 heteroatoms. The summed E-state index contributed by atoms with van der Waals surface area (Å²) in [6, 6.07) is 10.2. The third kappa shape index (κ3) is 2.73. The summed E-state index contributed by atoms with van der Waals surface area (Å²) in [6.45, 7) is 4.13. The van der Waals surface area contributed by atoms with Gasteiger partial charge in [-0.3, -0.25) is 5.10 Å². The van der Waals surface area contributed by atoms with Gasteiger partial charge in [-0.15, -0.1) is 0 Å². The van der Waals surface area contributed by atoms with E-state index in [0.29, 0.717) is 4.77 Å². The van der Waals surface area contributed by atoms with Gasteiger partial charge < -0.3 is 0 Å². The molecule has 0 aliphatic heterocycles. The zero-order valence-corrected chi connectivity index (χ0v) is 11.3. The van der Waals surface area contributed by atoms with Crippen molar-refractivity contribution in [3.8, 4) is 0 Å². The minimum absolute atomic E-state index is 0.243. The van der Waals surface area contributed by atoms with Crippen molar-refractivity contribution in [2.24, 2.45) is 5.10 Å². The summed E-state index contributed by atoms with van der Waals surface area (Å²) in [4.78, 5) is 0. The van der Waals surface area contributed by atoms with Gasteiger partial charge >= 0.3 is 0 Å². The van der Waals surface area contributed by atoms with Crippen LogP contribution in [-0.4, -0.2) is 21.1 Å². The highest BCUT2D eigenvalue weighted by Gasteiger charge is 2.04. The van der Waals surface area contributed by atoms with Crippen LogP contribution in [0.3, 0.4) is 0 Å². The molecule has 1 aromatic carbocycles. The van der Waals surface area contributed by atoms with Crippen molar-refractivity contribution < 1.29 is 0 Å². The number of nitrogens with one attached hydrogen (secondary N) is 1. The lowest BCUT2D eigenvalue weighted by molar-refractivity contribution is 0.773. The van der Waals surface area contributed by atoms with Crippen LogP contribution in [-0.2, 0) is 6.42 Å². The zero-order chi connectivity index (χ0) is 13.0. The smallest absolute Gasteiger partial charge is 0.216 e. The van der Waals surface area contributed by atoms with Gasteiger partial charge in [-0.2, -0.15) is 14.9 Å². The van der Waals surface area contributed by atoms with Gasteiger partial charge in [0.05, 0.1) is 0 Å². The Labute approximate surface area is 111 Å². The number of hydrogen-bond donors (Lipinski definition) is 1. The third-order valence-corrected chi connectivity index (χ3v) is 3.03. The Bertz CT molecular complexity index is 583. The Balaban J connectivity index is 2.21. The summed E-state index contributed by atoms with van der Waals surface area (Å²) in [7, 11) is 0. The summed E-state index contributed by atoms with van der Waals surface area (Å²) in [5.74, 6) is 1.09. The minimum Gasteiger partial charge on any atom is -0.250 e. The number of H-pyrrole nitrogens is 1. The van der Waals surface area contributed by atoms with E-state index < -0.39 is 0 Å². The van der Waals surface area contributed by atoms with Crippen LogP contribution in [0.5, 0.6) is 0 Å². The first kappa shape index (κ1) is 12.7. The van der Waals surface area contributed by atoms with Crippen molar-refractivity contribution in [2.75, 3.05) is 0 Å². The summed E-state index contributed by atoms with van der Waals surface area (Å²) in [5.41, 5.74) is 1.23. The average Bonchev–Trinajstić information content (AvgIpc) is 2.77. The van der Waals surface area contributed by atoms with Crippen molar-refractivity contribution in [1.29, 1.82) is 0 Å². The van der Waals surface area contributed by atoms with Crippen molar-refractivity contribution in [1.82, 2.24) is 14.9 Å². The van der Waals surface area contributed by atoms with Gasteiger partial charge in [0.2, 0.25) is 4.77 Å². The van der Waals surface area contributed by atoms with Crippen LogP contribution in [0.15, 0.2) is 35.4 Å². The molecule has 0 saturated heterocycles. The first-order valence-corrected chi connectivity index (χ1v) is 6.39. The highest BCUT2D eigenvalue weighted by atomic mass is 32.1. The largest absolute Gasteiger partial charge is 0.250 e. The molecule has 0 bridgehead atoms. The monoisotopic (exact) mass is 260 g/mol. The molecule has 0 aliphatic carbocycles. The topological polar surface area (TPSA) is 46.0 Å². The number of aromatic nitrogens is 3. The molecule has 0 unspecified atom stereocenters. The number of rotatable bonds is 4. The normalized spacial score (nSPS) is 13.0. The predicted molar refractivity (Wildman–Crippen MR) is 75.5 cm³/mol. The highest BCUT2D eigenvalue weighted by molar-refractivity contribution is 7.71. The van der Waals surface area contributed by atoms with E-state index in [1.54, 1.807) is 4.68 Å². The van der Waals surface area contributed by atoms with E-state index in [1.165, 1.54) is 5.56 Å². The van der Waals surface area contributed by atoms with E-state index in [-0.39, 0.29) is 5.92 Å². The molecule has 18 heavy (non-hydrogen) atoms. The fraction of sp³-hybridized carbons (Fsp3) is 0.308. The quantitative estimate of drug-likeness (QED) is 0.678. The number of nitrogens with zero attached hydrogens (tertiary/aromatic N) is 3. The SMILES string of the molecule is CCc1n[nH]c(=S)n1/N=C\[C@@H](C)c1ccccc1. The van der Waals surface area contributed by atoms with E-state index in [1.807, 2.05) is 31.3 Å². The zero-order valence-electron chi connectivity index (χ0n) is 10.5. The van der Waals surface area contributed by atoms with Crippen molar-refractivity contribution in [3.63, 3.8) is 0 Å². The maximum absolute atomic E-state index is 5.14. The number of aromatic amines is 1. The Morgan fingerprint density at radius 1 is 1.44 bits per heavy atom. The van der Waals surface area contributed by atoms with E-state index in [2.05, 4.69) is 34.4 Å². The second-order valence-corrected chi connectivity index (χ2v) is 4.46. The maximum Gasteiger partial charge on any atom is 0.216 e. The number of hydrogen-bond acceptors (Lipinski definition) is 3. The first-order chi connectivity index (χ1) is 8.72. The Hall–Kier alpha value is -1.75. The standard InChI is InChI=1S/C13H16N4S/c1-3-12-15-16-13(18)17(12)14-9-10(2)11-7-5-4-6-8-11/h4-10H,3H2,1-2H3,(H,16,18)/b14-9-/t10-/m1/s1. The third-order valence-electron chi connectivity index (χ3n) is 2.76.